The summed E-state index contributed by atoms with van der Waals surface area (Å²) in [4.78, 5) is 40.8. The topological polar surface area (TPSA) is 110 Å². The summed E-state index contributed by atoms with van der Waals surface area (Å²) in [5.41, 5.74) is 2.17. The summed E-state index contributed by atoms with van der Waals surface area (Å²) in [5.74, 6) is -1.42. The number of hydrogen-bond acceptors (Lipinski definition) is 5. The fraction of sp³-hybridized carbons (Fsp3) is 0.250. The maximum absolute atomic E-state index is 13.4. The normalized spacial score (nSPS) is 15.3. The molecule has 0 spiro atoms. The SMILES string of the molecule is Cc1ccc(C(=O)Nc2cc(C(=O)N3CCCCC3CO)cc(N(O)C(=O)c3ccccc3)c2)cc1. The molecule has 1 unspecified atom stereocenters. The number of aliphatic hydroxyl groups is 1. The molecule has 0 aromatic heterocycles. The van der Waals surface area contributed by atoms with E-state index in [1.807, 2.05) is 19.1 Å². The molecule has 3 N–H and O–H groups in total. The number of rotatable bonds is 6. The third-order valence-corrected chi connectivity index (χ3v) is 6.29. The molecule has 0 aliphatic carbocycles. The van der Waals surface area contributed by atoms with Crippen LogP contribution >= 0.6 is 0 Å². The lowest BCUT2D eigenvalue weighted by molar-refractivity contribution is 0.0502. The maximum Gasteiger partial charge on any atom is 0.281 e. The van der Waals surface area contributed by atoms with E-state index in [9.17, 15) is 24.7 Å². The van der Waals surface area contributed by atoms with Crippen LogP contribution in [0.1, 0.15) is 55.9 Å². The van der Waals surface area contributed by atoms with Crippen LogP contribution in [0.5, 0.6) is 0 Å². The van der Waals surface area contributed by atoms with Crippen molar-refractivity contribution in [3.63, 3.8) is 0 Å². The molecule has 8 heteroatoms. The third kappa shape index (κ3) is 5.62. The summed E-state index contributed by atoms with van der Waals surface area (Å²) >= 11 is 0. The lowest BCUT2D eigenvalue weighted by Gasteiger charge is -2.35. The number of hydrogen-bond donors (Lipinski definition) is 3. The van der Waals surface area contributed by atoms with Gasteiger partial charge < -0.3 is 15.3 Å². The predicted molar refractivity (Wildman–Crippen MR) is 136 cm³/mol. The molecule has 1 fully saturated rings. The molecule has 3 aromatic rings. The van der Waals surface area contributed by atoms with E-state index in [1.54, 1.807) is 47.4 Å². The highest BCUT2D eigenvalue weighted by Crippen LogP contribution is 2.27. The van der Waals surface area contributed by atoms with E-state index in [0.29, 0.717) is 23.6 Å². The van der Waals surface area contributed by atoms with Crippen LogP contribution in [0.4, 0.5) is 11.4 Å². The molecule has 0 saturated carbocycles. The minimum Gasteiger partial charge on any atom is -0.394 e. The van der Waals surface area contributed by atoms with Crippen LogP contribution in [0, 0.1) is 6.92 Å². The standard InChI is InChI=1S/C28H29N3O5/c1-19-10-12-20(13-11-19)26(33)29-23-15-22(27(34)30-14-6-5-9-24(30)18-32)16-25(17-23)31(36)28(35)21-7-3-2-4-8-21/h2-4,7-8,10-13,15-17,24,32,36H,5-6,9,14,18H2,1H3,(H,29,33). The van der Waals surface area contributed by atoms with Gasteiger partial charge in [-0.05, 0) is 68.7 Å². The van der Waals surface area contributed by atoms with E-state index in [4.69, 9.17) is 0 Å². The Labute approximate surface area is 209 Å². The summed E-state index contributed by atoms with van der Waals surface area (Å²) < 4.78 is 0. The third-order valence-electron chi connectivity index (χ3n) is 6.29. The second-order valence-corrected chi connectivity index (χ2v) is 8.90. The zero-order valence-corrected chi connectivity index (χ0v) is 20.1. The molecular weight excluding hydrogens is 458 g/mol. The van der Waals surface area contributed by atoms with E-state index in [0.717, 1.165) is 18.4 Å². The van der Waals surface area contributed by atoms with Gasteiger partial charge >= 0.3 is 0 Å². The molecule has 0 bridgehead atoms. The van der Waals surface area contributed by atoms with E-state index < -0.39 is 11.8 Å². The Balaban J connectivity index is 1.69. The van der Waals surface area contributed by atoms with E-state index in [-0.39, 0.29) is 41.1 Å². The number of aryl methyl sites for hydroxylation is 1. The van der Waals surface area contributed by atoms with Gasteiger partial charge in [-0.25, -0.2) is 0 Å². The van der Waals surface area contributed by atoms with Crippen molar-refractivity contribution < 1.29 is 24.7 Å². The number of carbonyl (C=O) groups excluding carboxylic acids is 3. The average Bonchev–Trinajstić information content (AvgIpc) is 2.92. The minimum atomic E-state index is -0.679. The summed E-state index contributed by atoms with van der Waals surface area (Å²) in [6.07, 6.45) is 2.43. The Morgan fingerprint density at radius 2 is 1.67 bits per heavy atom. The van der Waals surface area contributed by atoms with E-state index in [1.165, 1.54) is 18.2 Å². The van der Waals surface area contributed by atoms with Gasteiger partial charge in [0.25, 0.3) is 17.7 Å². The van der Waals surface area contributed by atoms with Crippen molar-refractivity contribution >= 4 is 29.1 Å². The zero-order chi connectivity index (χ0) is 25.7. The molecule has 8 nitrogen and oxygen atoms in total. The monoisotopic (exact) mass is 487 g/mol. The zero-order valence-electron chi connectivity index (χ0n) is 20.1. The maximum atomic E-state index is 13.4. The number of anilines is 2. The first-order valence-corrected chi connectivity index (χ1v) is 11.9. The fourth-order valence-electron chi connectivity index (χ4n) is 4.28. The van der Waals surface area contributed by atoms with E-state index >= 15 is 0 Å². The first-order chi connectivity index (χ1) is 17.4. The van der Waals surface area contributed by atoms with Gasteiger partial charge in [0.2, 0.25) is 0 Å². The molecule has 1 atom stereocenters. The number of piperidine rings is 1. The molecule has 3 amide bonds. The van der Waals surface area contributed by atoms with Gasteiger partial charge in [0.1, 0.15) is 0 Å². The molecule has 3 aromatic carbocycles. The van der Waals surface area contributed by atoms with Crippen molar-refractivity contribution in [3.8, 4) is 0 Å². The summed E-state index contributed by atoms with van der Waals surface area (Å²) in [5, 5.41) is 23.8. The van der Waals surface area contributed by atoms with Gasteiger partial charge in [-0.2, -0.15) is 5.06 Å². The molecule has 1 heterocycles. The first kappa shape index (κ1) is 25.1. The van der Waals surface area contributed by atoms with Crippen molar-refractivity contribution in [2.24, 2.45) is 0 Å². The van der Waals surface area contributed by atoms with Crippen molar-refractivity contribution in [2.45, 2.75) is 32.2 Å². The second-order valence-electron chi connectivity index (χ2n) is 8.90. The van der Waals surface area contributed by atoms with Gasteiger partial charge in [-0.15, -0.1) is 0 Å². The van der Waals surface area contributed by atoms with Gasteiger partial charge in [-0.3, -0.25) is 19.6 Å². The Bertz CT molecular complexity index is 1240. The Morgan fingerprint density at radius 3 is 2.36 bits per heavy atom. The molecule has 1 aliphatic heterocycles. The highest BCUT2D eigenvalue weighted by molar-refractivity contribution is 6.08. The fourth-order valence-corrected chi connectivity index (χ4v) is 4.28. The van der Waals surface area contributed by atoms with Crippen LogP contribution in [-0.4, -0.2) is 52.1 Å². The van der Waals surface area contributed by atoms with Crippen molar-refractivity contribution in [3.05, 3.63) is 95.1 Å². The average molecular weight is 488 g/mol. The quantitative estimate of drug-likeness (QED) is 0.355. The van der Waals surface area contributed by atoms with Crippen molar-refractivity contribution in [2.75, 3.05) is 23.5 Å². The van der Waals surface area contributed by atoms with Gasteiger partial charge in [0, 0.05) is 28.9 Å². The number of carbonyl (C=O) groups is 3. The molecular formula is C28H29N3O5. The smallest absolute Gasteiger partial charge is 0.281 e. The molecule has 186 valence electrons. The summed E-state index contributed by atoms with van der Waals surface area (Å²) in [7, 11) is 0. The van der Waals surface area contributed by atoms with E-state index in [2.05, 4.69) is 5.32 Å². The van der Waals surface area contributed by atoms with Crippen molar-refractivity contribution in [1.82, 2.24) is 4.90 Å². The van der Waals surface area contributed by atoms with Crippen LogP contribution in [-0.2, 0) is 0 Å². The highest BCUT2D eigenvalue weighted by Gasteiger charge is 2.28. The number of hydroxylamine groups is 1. The van der Waals surface area contributed by atoms with Crippen LogP contribution < -0.4 is 10.4 Å². The Kier molecular flexibility index (Phi) is 7.77. The number of likely N-dealkylation sites (tertiary alicyclic amines) is 1. The summed E-state index contributed by atoms with van der Waals surface area (Å²) in [6, 6.07) is 19.3. The van der Waals surface area contributed by atoms with Crippen LogP contribution in [0.2, 0.25) is 0 Å². The first-order valence-electron chi connectivity index (χ1n) is 11.9. The lowest BCUT2D eigenvalue weighted by Crippen LogP contribution is -2.45. The number of nitrogens with one attached hydrogen (secondary N) is 1. The molecule has 0 radical (unpaired) electrons. The van der Waals surface area contributed by atoms with Crippen molar-refractivity contribution in [1.29, 1.82) is 0 Å². The lowest BCUT2D eigenvalue weighted by atomic mass is 10.0. The van der Waals surface area contributed by atoms with Gasteiger partial charge in [0.05, 0.1) is 18.3 Å². The summed E-state index contributed by atoms with van der Waals surface area (Å²) in [6.45, 7) is 2.26. The Hall–Kier alpha value is -4.01. The molecule has 36 heavy (non-hydrogen) atoms. The number of amides is 3. The van der Waals surface area contributed by atoms with Crippen LogP contribution in [0.25, 0.3) is 0 Å². The van der Waals surface area contributed by atoms with Crippen LogP contribution in [0.15, 0.2) is 72.8 Å². The molecule has 1 saturated heterocycles. The number of aliphatic hydroxyl groups excluding tert-OH is 1. The predicted octanol–water partition coefficient (Wildman–Crippen LogP) is 4.27. The Morgan fingerprint density at radius 1 is 0.944 bits per heavy atom. The highest BCUT2D eigenvalue weighted by atomic mass is 16.5. The second kappa shape index (κ2) is 11.2. The number of nitrogens with zero attached hydrogens (tertiary/aromatic N) is 2. The molecule has 4 rings (SSSR count). The largest absolute Gasteiger partial charge is 0.394 e. The molecule has 1 aliphatic rings. The van der Waals surface area contributed by atoms with Crippen LogP contribution in [0.3, 0.4) is 0 Å². The van der Waals surface area contributed by atoms with Gasteiger partial charge in [-0.1, -0.05) is 35.9 Å². The number of benzene rings is 3. The van der Waals surface area contributed by atoms with Gasteiger partial charge in [0.15, 0.2) is 0 Å². The minimum absolute atomic E-state index is 0.0338.